The zero-order valence-corrected chi connectivity index (χ0v) is 9.66. The molecule has 0 aromatic heterocycles. The smallest absolute Gasteiger partial charge is 0.409 e. The Morgan fingerprint density at radius 1 is 1.33 bits per heavy atom. The molecule has 0 spiro atoms. The van der Waals surface area contributed by atoms with E-state index in [0.717, 1.165) is 32.7 Å². The average molecular weight is 212 g/mol. The Hall–Kier alpha value is -1.03. The van der Waals surface area contributed by atoms with Crippen LogP contribution in [0.5, 0.6) is 0 Å². The maximum absolute atomic E-state index is 11.4. The largest absolute Gasteiger partial charge is 0.450 e. The van der Waals surface area contributed by atoms with Crippen molar-refractivity contribution in [3.63, 3.8) is 0 Å². The van der Waals surface area contributed by atoms with E-state index in [4.69, 9.17) is 4.74 Å². The first kappa shape index (κ1) is 12.0. The van der Waals surface area contributed by atoms with E-state index >= 15 is 0 Å². The minimum absolute atomic E-state index is 0.188. The second-order valence-electron chi connectivity index (χ2n) is 3.92. The van der Waals surface area contributed by atoms with Gasteiger partial charge < -0.3 is 9.64 Å². The summed E-state index contributed by atoms with van der Waals surface area (Å²) in [4.78, 5) is 15.5. The lowest BCUT2D eigenvalue weighted by molar-refractivity contribution is 0.0820. The van der Waals surface area contributed by atoms with Gasteiger partial charge in [0, 0.05) is 32.7 Å². The summed E-state index contributed by atoms with van der Waals surface area (Å²) in [7, 11) is 0. The maximum Gasteiger partial charge on any atom is 0.409 e. The number of hydrogen-bond acceptors (Lipinski definition) is 3. The summed E-state index contributed by atoms with van der Waals surface area (Å²) in [5, 5.41) is 0. The summed E-state index contributed by atoms with van der Waals surface area (Å²) in [6.07, 6.45) is -0.188. The zero-order valence-electron chi connectivity index (χ0n) is 9.66. The number of hydrogen-bond donors (Lipinski definition) is 0. The Morgan fingerprint density at radius 3 is 2.40 bits per heavy atom. The molecule has 15 heavy (non-hydrogen) atoms. The Bertz CT molecular complexity index is 233. The van der Waals surface area contributed by atoms with Gasteiger partial charge in [0.2, 0.25) is 0 Å². The van der Waals surface area contributed by atoms with Gasteiger partial charge in [0.05, 0.1) is 6.61 Å². The minimum atomic E-state index is -0.188. The minimum Gasteiger partial charge on any atom is -0.450 e. The monoisotopic (exact) mass is 212 g/mol. The molecular formula is C11H20N2O2. The lowest BCUT2D eigenvalue weighted by Crippen LogP contribution is -2.49. The first-order valence-corrected chi connectivity index (χ1v) is 5.42. The molecule has 86 valence electrons. The van der Waals surface area contributed by atoms with E-state index in [0.29, 0.717) is 6.61 Å². The lowest BCUT2D eigenvalue weighted by atomic mass is 10.2. The van der Waals surface area contributed by atoms with Gasteiger partial charge in [0.1, 0.15) is 0 Å². The molecule has 0 unspecified atom stereocenters. The van der Waals surface area contributed by atoms with E-state index in [1.807, 2.05) is 13.8 Å². The summed E-state index contributed by atoms with van der Waals surface area (Å²) in [5.41, 5.74) is 1.17. The first-order valence-electron chi connectivity index (χ1n) is 5.42. The van der Waals surface area contributed by atoms with E-state index < -0.39 is 0 Å². The van der Waals surface area contributed by atoms with Gasteiger partial charge >= 0.3 is 6.09 Å². The van der Waals surface area contributed by atoms with Crippen molar-refractivity contribution in [1.82, 2.24) is 9.80 Å². The third kappa shape index (κ3) is 3.91. The Kier molecular flexibility index (Phi) is 4.62. The quantitative estimate of drug-likeness (QED) is 0.662. The maximum atomic E-state index is 11.4. The number of rotatable bonds is 3. The predicted molar refractivity (Wildman–Crippen MR) is 59.8 cm³/mol. The van der Waals surface area contributed by atoms with Crippen LogP contribution in [0.1, 0.15) is 13.8 Å². The van der Waals surface area contributed by atoms with Crippen LogP contribution >= 0.6 is 0 Å². The molecule has 0 saturated carbocycles. The SMILES string of the molecule is C=C(C)CN1CCN(C(=O)OCC)CC1. The van der Waals surface area contributed by atoms with Crippen molar-refractivity contribution in [2.45, 2.75) is 13.8 Å². The molecule has 1 fully saturated rings. The zero-order chi connectivity index (χ0) is 11.3. The average Bonchev–Trinajstić information content (AvgIpc) is 2.18. The van der Waals surface area contributed by atoms with Gasteiger partial charge in [-0.05, 0) is 13.8 Å². The van der Waals surface area contributed by atoms with Crippen LogP contribution in [0, 0.1) is 0 Å². The Morgan fingerprint density at radius 2 is 1.93 bits per heavy atom. The van der Waals surface area contributed by atoms with Crippen molar-refractivity contribution in [1.29, 1.82) is 0 Å². The van der Waals surface area contributed by atoms with Crippen LogP contribution in [0.3, 0.4) is 0 Å². The molecular weight excluding hydrogens is 192 g/mol. The number of nitrogens with zero attached hydrogens (tertiary/aromatic N) is 2. The van der Waals surface area contributed by atoms with Gasteiger partial charge in [-0.15, -0.1) is 0 Å². The van der Waals surface area contributed by atoms with Crippen molar-refractivity contribution in [2.24, 2.45) is 0 Å². The van der Waals surface area contributed by atoms with E-state index in [-0.39, 0.29) is 6.09 Å². The predicted octanol–water partition coefficient (Wildman–Crippen LogP) is 1.34. The Labute approximate surface area is 91.5 Å². The van der Waals surface area contributed by atoms with Crippen molar-refractivity contribution in [2.75, 3.05) is 39.3 Å². The molecule has 4 heteroatoms. The molecule has 0 bridgehead atoms. The fraction of sp³-hybridized carbons (Fsp3) is 0.727. The van der Waals surface area contributed by atoms with Crippen LogP contribution < -0.4 is 0 Å². The van der Waals surface area contributed by atoms with Crippen molar-refractivity contribution in [3.8, 4) is 0 Å². The van der Waals surface area contributed by atoms with E-state index in [2.05, 4.69) is 11.5 Å². The van der Waals surface area contributed by atoms with Crippen LogP contribution in [0.4, 0.5) is 4.79 Å². The van der Waals surface area contributed by atoms with Crippen LogP contribution in [0.15, 0.2) is 12.2 Å². The van der Waals surface area contributed by atoms with Gasteiger partial charge in [-0.3, -0.25) is 4.90 Å². The standard InChI is InChI=1S/C11H20N2O2/c1-4-15-11(14)13-7-5-12(6-8-13)9-10(2)3/h2,4-9H2,1,3H3. The molecule has 1 saturated heterocycles. The Balaban J connectivity index is 2.29. The van der Waals surface area contributed by atoms with E-state index in [1.165, 1.54) is 5.57 Å². The van der Waals surface area contributed by atoms with Crippen molar-refractivity contribution < 1.29 is 9.53 Å². The number of carbonyl (C=O) groups excluding carboxylic acids is 1. The summed E-state index contributed by atoms with van der Waals surface area (Å²) in [5.74, 6) is 0. The molecule has 1 aliphatic rings. The highest BCUT2D eigenvalue weighted by atomic mass is 16.6. The van der Waals surface area contributed by atoms with Crippen molar-refractivity contribution in [3.05, 3.63) is 12.2 Å². The molecule has 1 heterocycles. The highest BCUT2D eigenvalue weighted by molar-refractivity contribution is 5.67. The van der Waals surface area contributed by atoms with Gasteiger partial charge in [-0.1, -0.05) is 12.2 Å². The summed E-state index contributed by atoms with van der Waals surface area (Å²) < 4.78 is 4.95. The second kappa shape index (κ2) is 5.75. The summed E-state index contributed by atoms with van der Waals surface area (Å²) >= 11 is 0. The number of amides is 1. The molecule has 1 aliphatic heterocycles. The lowest BCUT2D eigenvalue weighted by Gasteiger charge is -2.34. The number of piperazine rings is 1. The number of carbonyl (C=O) groups is 1. The van der Waals surface area contributed by atoms with Crippen molar-refractivity contribution >= 4 is 6.09 Å². The third-order valence-corrected chi connectivity index (χ3v) is 2.39. The topological polar surface area (TPSA) is 32.8 Å². The highest BCUT2D eigenvalue weighted by Crippen LogP contribution is 2.05. The molecule has 0 aromatic rings. The second-order valence-corrected chi connectivity index (χ2v) is 3.92. The van der Waals surface area contributed by atoms with E-state index in [1.54, 1.807) is 4.90 Å². The summed E-state index contributed by atoms with van der Waals surface area (Å²) in [6, 6.07) is 0. The molecule has 4 nitrogen and oxygen atoms in total. The highest BCUT2D eigenvalue weighted by Gasteiger charge is 2.21. The van der Waals surface area contributed by atoms with Crippen LogP contribution in [0.25, 0.3) is 0 Å². The molecule has 0 aromatic carbocycles. The molecule has 0 aliphatic carbocycles. The van der Waals surface area contributed by atoms with Gasteiger partial charge in [0.25, 0.3) is 0 Å². The molecule has 0 radical (unpaired) electrons. The van der Waals surface area contributed by atoms with E-state index in [9.17, 15) is 4.79 Å². The molecule has 1 amide bonds. The van der Waals surface area contributed by atoms with Crippen LogP contribution in [-0.4, -0.2) is 55.2 Å². The normalized spacial score (nSPS) is 17.6. The van der Waals surface area contributed by atoms with Crippen LogP contribution in [-0.2, 0) is 4.74 Å². The fourth-order valence-electron chi connectivity index (χ4n) is 1.69. The molecule has 0 N–H and O–H groups in total. The summed E-state index contributed by atoms with van der Waals surface area (Å²) in [6.45, 7) is 12.4. The van der Waals surface area contributed by atoms with Gasteiger partial charge in [-0.25, -0.2) is 4.79 Å². The molecule has 0 atom stereocenters. The van der Waals surface area contributed by atoms with Gasteiger partial charge in [0.15, 0.2) is 0 Å². The number of ether oxygens (including phenoxy) is 1. The van der Waals surface area contributed by atoms with Gasteiger partial charge in [-0.2, -0.15) is 0 Å². The molecule has 1 rings (SSSR count). The fourth-order valence-corrected chi connectivity index (χ4v) is 1.69. The third-order valence-electron chi connectivity index (χ3n) is 2.39. The first-order chi connectivity index (χ1) is 7.13. The van der Waals surface area contributed by atoms with Crippen LogP contribution in [0.2, 0.25) is 0 Å².